The number of anilines is 2. The van der Waals surface area contributed by atoms with Crippen molar-refractivity contribution in [3.8, 4) is 0 Å². The highest BCUT2D eigenvalue weighted by Crippen LogP contribution is 2.22. The lowest BCUT2D eigenvalue weighted by Crippen LogP contribution is -2.16. The second-order valence-electron chi connectivity index (χ2n) is 6.03. The zero-order chi connectivity index (χ0) is 21.0. The molecule has 0 aliphatic heterocycles. The second-order valence-corrected chi connectivity index (χ2v) is 10.1. The largest absolute Gasteiger partial charge is 0.325 e. The lowest BCUT2D eigenvalue weighted by molar-refractivity contribution is -0.113. The minimum absolute atomic E-state index is 0.0174. The molecule has 12 heteroatoms. The van der Waals surface area contributed by atoms with E-state index < -0.39 is 10.0 Å². The van der Waals surface area contributed by atoms with E-state index in [1.54, 1.807) is 19.9 Å². The average molecular weight is 451 g/mol. The smallest absolute Gasteiger partial charge is 0.264 e. The van der Waals surface area contributed by atoms with Crippen LogP contribution in [0.5, 0.6) is 0 Å². The van der Waals surface area contributed by atoms with Crippen LogP contribution in [0.4, 0.5) is 11.6 Å². The molecule has 0 saturated carbocycles. The number of sulfonamides is 1. The highest BCUT2D eigenvalue weighted by atomic mass is 32.2. The second kappa shape index (κ2) is 8.84. The van der Waals surface area contributed by atoms with Crippen LogP contribution in [0, 0.1) is 20.8 Å². The highest BCUT2D eigenvalue weighted by Gasteiger charge is 2.16. The Labute approximate surface area is 176 Å². The van der Waals surface area contributed by atoms with Gasteiger partial charge in [0.2, 0.25) is 11.9 Å². The predicted molar refractivity (Wildman–Crippen MR) is 113 cm³/mol. The Kier molecular flexibility index (Phi) is 6.45. The molecule has 0 bridgehead atoms. The standard InChI is InChI=1S/C17H18N6O3S3/c1-10-8-11(2)19-16(18-10)23-29(25,26)14-6-4-13(5-7-14)20-15(24)9-27-17-22-21-12(3)28-17/h4-8H,9H2,1-3H3,(H,20,24)(H,18,19,23). The third kappa shape index (κ3) is 5.95. The van der Waals surface area contributed by atoms with Crippen molar-refractivity contribution >= 4 is 50.7 Å². The van der Waals surface area contributed by atoms with E-state index in [2.05, 4.69) is 30.2 Å². The molecule has 3 aromatic rings. The number of aryl methyl sites for hydroxylation is 3. The molecule has 1 aromatic carbocycles. The monoisotopic (exact) mass is 450 g/mol. The van der Waals surface area contributed by atoms with E-state index in [4.69, 9.17) is 0 Å². The first-order valence-corrected chi connectivity index (χ1v) is 11.7. The van der Waals surface area contributed by atoms with Crippen molar-refractivity contribution in [3.05, 3.63) is 46.7 Å². The summed E-state index contributed by atoms with van der Waals surface area (Å²) in [7, 11) is -3.84. The molecular formula is C17H18N6O3S3. The fraction of sp³-hybridized carbons (Fsp3) is 0.235. The summed E-state index contributed by atoms with van der Waals surface area (Å²) in [6.07, 6.45) is 0. The number of hydrogen-bond acceptors (Lipinski definition) is 9. The Morgan fingerprint density at radius 1 is 1.07 bits per heavy atom. The topological polar surface area (TPSA) is 127 Å². The molecule has 9 nitrogen and oxygen atoms in total. The number of benzene rings is 1. The fourth-order valence-corrected chi connectivity index (χ4v) is 4.89. The number of thioether (sulfide) groups is 1. The minimum atomic E-state index is -3.84. The number of nitrogens with one attached hydrogen (secondary N) is 2. The summed E-state index contributed by atoms with van der Waals surface area (Å²) in [5.41, 5.74) is 1.82. The number of amides is 1. The maximum absolute atomic E-state index is 12.5. The van der Waals surface area contributed by atoms with Gasteiger partial charge >= 0.3 is 0 Å². The summed E-state index contributed by atoms with van der Waals surface area (Å²) in [6, 6.07) is 7.60. The van der Waals surface area contributed by atoms with Gasteiger partial charge in [0.1, 0.15) is 5.01 Å². The Morgan fingerprint density at radius 2 is 1.72 bits per heavy atom. The first-order valence-electron chi connectivity index (χ1n) is 8.39. The van der Waals surface area contributed by atoms with Crippen LogP contribution in [0.1, 0.15) is 16.4 Å². The van der Waals surface area contributed by atoms with E-state index in [0.717, 1.165) is 9.35 Å². The SMILES string of the molecule is Cc1cc(C)nc(NS(=O)(=O)c2ccc(NC(=O)CSc3nnc(C)s3)cc2)n1. The Bertz CT molecular complexity index is 1110. The molecule has 2 heterocycles. The molecule has 29 heavy (non-hydrogen) atoms. The summed E-state index contributed by atoms with van der Waals surface area (Å²) >= 11 is 2.71. The van der Waals surface area contributed by atoms with Crippen LogP contribution >= 0.6 is 23.1 Å². The van der Waals surface area contributed by atoms with Gasteiger partial charge in [0.15, 0.2) is 4.34 Å². The number of hydrogen-bond donors (Lipinski definition) is 2. The Balaban J connectivity index is 1.61. The summed E-state index contributed by atoms with van der Waals surface area (Å²) in [4.78, 5) is 20.3. The van der Waals surface area contributed by atoms with E-state index in [-0.39, 0.29) is 22.5 Å². The Hall–Kier alpha value is -2.57. The van der Waals surface area contributed by atoms with Gasteiger partial charge in [-0.2, -0.15) is 0 Å². The van der Waals surface area contributed by atoms with Crippen LogP contribution in [-0.2, 0) is 14.8 Å². The van der Waals surface area contributed by atoms with Crippen molar-refractivity contribution in [2.45, 2.75) is 30.0 Å². The summed E-state index contributed by atoms with van der Waals surface area (Å²) in [5, 5.41) is 11.4. The van der Waals surface area contributed by atoms with Crippen molar-refractivity contribution in [2.24, 2.45) is 0 Å². The summed E-state index contributed by atoms with van der Waals surface area (Å²) in [5.74, 6) is -0.0238. The number of carbonyl (C=O) groups excluding carboxylic acids is 1. The number of nitrogens with zero attached hydrogens (tertiary/aromatic N) is 4. The van der Waals surface area contributed by atoms with Crippen molar-refractivity contribution in [1.29, 1.82) is 0 Å². The van der Waals surface area contributed by atoms with E-state index in [9.17, 15) is 13.2 Å². The van der Waals surface area contributed by atoms with Gasteiger partial charge in [-0.3, -0.25) is 4.79 Å². The van der Waals surface area contributed by atoms with E-state index in [0.29, 0.717) is 17.1 Å². The van der Waals surface area contributed by atoms with Gasteiger partial charge in [0.25, 0.3) is 10.0 Å². The maximum atomic E-state index is 12.5. The van der Waals surface area contributed by atoms with Crippen LogP contribution in [0.25, 0.3) is 0 Å². The molecule has 0 saturated heterocycles. The molecule has 0 fully saturated rings. The van der Waals surface area contributed by atoms with Crippen LogP contribution in [0.3, 0.4) is 0 Å². The van der Waals surface area contributed by atoms with E-state index >= 15 is 0 Å². The van der Waals surface area contributed by atoms with Crippen molar-refractivity contribution < 1.29 is 13.2 Å². The van der Waals surface area contributed by atoms with Gasteiger partial charge in [-0.25, -0.2) is 23.1 Å². The lowest BCUT2D eigenvalue weighted by Gasteiger charge is -2.09. The molecule has 0 unspecified atom stereocenters. The zero-order valence-electron chi connectivity index (χ0n) is 15.8. The van der Waals surface area contributed by atoms with Gasteiger partial charge in [-0.05, 0) is 51.1 Å². The lowest BCUT2D eigenvalue weighted by atomic mass is 10.3. The van der Waals surface area contributed by atoms with Gasteiger partial charge in [0, 0.05) is 17.1 Å². The molecule has 0 aliphatic carbocycles. The quantitative estimate of drug-likeness (QED) is 0.526. The molecule has 1 amide bonds. The number of carbonyl (C=O) groups is 1. The van der Waals surface area contributed by atoms with Crippen molar-refractivity contribution in [1.82, 2.24) is 20.2 Å². The number of aromatic nitrogens is 4. The first-order chi connectivity index (χ1) is 13.7. The molecule has 0 radical (unpaired) electrons. The van der Waals surface area contributed by atoms with Crippen molar-refractivity contribution in [2.75, 3.05) is 15.8 Å². The molecule has 0 spiro atoms. The molecule has 3 rings (SSSR count). The van der Waals surface area contributed by atoms with Gasteiger partial charge < -0.3 is 5.32 Å². The van der Waals surface area contributed by atoms with Gasteiger partial charge in [-0.1, -0.05) is 23.1 Å². The highest BCUT2D eigenvalue weighted by molar-refractivity contribution is 8.01. The van der Waals surface area contributed by atoms with Crippen LogP contribution in [-0.4, -0.2) is 40.2 Å². The zero-order valence-corrected chi connectivity index (χ0v) is 18.3. The third-order valence-corrected chi connectivity index (χ3v) is 6.81. The number of rotatable bonds is 7. The molecule has 0 aliphatic rings. The predicted octanol–water partition coefficient (Wildman–Crippen LogP) is 2.78. The van der Waals surface area contributed by atoms with Crippen LogP contribution < -0.4 is 10.0 Å². The maximum Gasteiger partial charge on any atom is 0.264 e. The molecule has 152 valence electrons. The first kappa shape index (κ1) is 21.1. The van der Waals surface area contributed by atoms with Gasteiger partial charge in [-0.15, -0.1) is 10.2 Å². The van der Waals surface area contributed by atoms with Crippen LogP contribution in [0.15, 0.2) is 39.6 Å². The van der Waals surface area contributed by atoms with Crippen LogP contribution in [0.2, 0.25) is 0 Å². The molecule has 2 N–H and O–H groups in total. The fourth-order valence-electron chi connectivity index (χ4n) is 2.33. The Morgan fingerprint density at radius 3 is 2.31 bits per heavy atom. The summed E-state index contributed by atoms with van der Waals surface area (Å²) in [6.45, 7) is 5.36. The third-order valence-electron chi connectivity index (χ3n) is 3.49. The van der Waals surface area contributed by atoms with E-state index in [1.807, 2.05) is 6.92 Å². The van der Waals surface area contributed by atoms with E-state index in [1.165, 1.54) is 47.4 Å². The molecule has 0 atom stereocenters. The van der Waals surface area contributed by atoms with Gasteiger partial charge in [0.05, 0.1) is 10.6 Å². The molecular weight excluding hydrogens is 432 g/mol. The average Bonchev–Trinajstić information content (AvgIpc) is 3.04. The van der Waals surface area contributed by atoms with Crippen molar-refractivity contribution in [3.63, 3.8) is 0 Å². The normalized spacial score (nSPS) is 11.3. The summed E-state index contributed by atoms with van der Waals surface area (Å²) < 4.78 is 28.1. The molecule has 2 aromatic heterocycles. The minimum Gasteiger partial charge on any atom is -0.325 e.